The minimum atomic E-state index is 0.440. The molecule has 3 aliphatic carbocycles. The first-order chi connectivity index (χ1) is 5.67. The highest BCUT2D eigenvalue weighted by molar-refractivity contribution is 6.23. The van der Waals surface area contributed by atoms with E-state index >= 15 is 0 Å². The fraction of sp³-hybridized carbons (Fsp3) is 1.00. The van der Waals surface area contributed by atoms with Gasteiger partial charge in [0.05, 0.1) is 0 Å². The molecule has 3 rings (SSSR count). The highest BCUT2D eigenvalue weighted by atomic mass is 35.5. The van der Waals surface area contributed by atoms with Gasteiger partial charge in [0.15, 0.2) is 0 Å². The second-order valence-electron chi connectivity index (χ2n) is 5.07. The first-order valence-electron chi connectivity index (χ1n) is 4.95. The van der Waals surface area contributed by atoms with Gasteiger partial charge in [0.25, 0.3) is 0 Å². The lowest BCUT2D eigenvalue weighted by atomic mass is 9.77. The van der Waals surface area contributed by atoms with E-state index in [4.69, 9.17) is 23.2 Å². The van der Waals surface area contributed by atoms with Crippen LogP contribution in [-0.2, 0) is 0 Å². The summed E-state index contributed by atoms with van der Waals surface area (Å²) in [6.45, 7) is 0. The molecule has 3 aliphatic rings. The van der Waals surface area contributed by atoms with Crippen LogP contribution in [0.4, 0.5) is 0 Å². The lowest BCUT2D eigenvalue weighted by Crippen LogP contribution is -2.35. The summed E-state index contributed by atoms with van der Waals surface area (Å²) < 4.78 is 0. The van der Waals surface area contributed by atoms with Gasteiger partial charge in [-0.25, -0.2) is 0 Å². The van der Waals surface area contributed by atoms with Crippen molar-refractivity contribution in [3.05, 3.63) is 0 Å². The third kappa shape index (κ3) is 0.915. The monoisotopic (exact) mass is 204 g/mol. The molecule has 0 nitrogen and oxygen atoms in total. The predicted octanol–water partition coefficient (Wildman–Crippen LogP) is 3.56. The van der Waals surface area contributed by atoms with Crippen molar-refractivity contribution in [2.24, 2.45) is 10.8 Å². The first kappa shape index (κ1) is 7.94. The summed E-state index contributed by atoms with van der Waals surface area (Å²) in [5.41, 5.74) is 0.976. The predicted molar refractivity (Wildman–Crippen MR) is 51.9 cm³/mol. The molecule has 2 spiro atoms. The molecule has 0 N–H and O–H groups in total. The highest BCUT2D eigenvalue weighted by Gasteiger charge is 2.62. The van der Waals surface area contributed by atoms with Crippen molar-refractivity contribution in [2.45, 2.75) is 49.3 Å². The van der Waals surface area contributed by atoms with Crippen LogP contribution in [0.2, 0.25) is 0 Å². The van der Waals surface area contributed by atoms with Crippen molar-refractivity contribution < 1.29 is 0 Å². The van der Waals surface area contributed by atoms with Crippen molar-refractivity contribution in [1.29, 1.82) is 0 Å². The van der Waals surface area contributed by atoms with E-state index in [9.17, 15) is 0 Å². The molecule has 0 aromatic heterocycles. The van der Waals surface area contributed by atoms with Gasteiger partial charge >= 0.3 is 0 Å². The quantitative estimate of drug-likeness (QED) is 0.530. The minimum Gasteiger partial charge on any atom is -0.122 e. The molecular weight excluding hydrogens is 191 g/mol. The zero-order chi connectivity index (χ0) is 8.40. The Morgan fingerprint density at radius 3 is 1.33 bits per heavy atom. The van der Waals surface area contributed by atoms with E-state index in [1.165, 1.54) is 38.5 Å². The smallest absolute Gasteiger partial charge is 0.0398 e. The van der Waals surface area contributed by atoms with Crippen LogP contribution < -0.4 is 0 Å². The van der Waals surface area contributed by atoms with Gasteiger partial charge in [0.1, 0.15) is 0 Å². The number of alkyl halides is 2. The molecule has 0 amide bonds. The maximum atomic E-state index is 6.40. The second-order valence-corrected chi connectivity index (χ2v) is 6.12. The van der Waals surface area contributed by atoms with E-state index in [1.54, 1.807) is 0 Å². The van der Waals surface area contributed by atoms with Crippen LogP contribution in [0.3, 0.4) is 0 Å². The van der Waals surface area contributed by atoms with Gasteiger partial charge in [0.2, 0.25) is 0 Å². The fourth-order valence-electron chi connectivity index (χ4n) is 2.76. The van der Waals surface area contributed by atoms with Gasteiger partial charge in [-0.05, 0) is 49.4 Å². The van der Waals surface area contributed by atoms with Gasteiger partial charge in [-0.2, -0.15) is 0 Å². The van der Waals surface area contributed by atoms with Gasteiger partial charge in [0, 0.05) is 10.8 Å². The Morgan fingerprint density at radius 2 is 1.08 bits per heavy atom. The van der Waals surface area contributed by atoms with Gasteiger partial charge < -0.3 is 0 Å². The van der Waals surface area contributed by atoms with Crippen LogP contribution in [0, 0.1) is 10.8 Å². The maximum Gasteiger partial charge on any atom is 0.0398 e. The van der Waals surface area contributed by atoms with E-state index in [0.29, 0.717) is 21.6 Å². The Morgan fingerprint density at radius 1 is 0.750 bits per heavy atom. The molecule has 0 saturated heterocycles. The largest absolute Gasteiger partial charge is 0.122 e. The first-order valence-corrected chi connectivity index (χ1v) is 5.82. The second kappa shape index (κ2) is 2.15. The number of hydrogen-bond acceptors (Lipinski definition) is 0. The van der Waals surface area contributed by atoms with Crippen molar-refractivity contribution >= 4 is 23.2 Å². The fourth-order valence-corrected chi connectivity index (χ4v) is 3.99. The van der Waals surface area contributed by atoms with Crippen molar-refractivity contribution in [1.82, 2.24) is 0 Å². The molecular formula is C10H14Cl2. The topological polar surface area (TPSA) is 0 Å². The number of halogens is 2. The van der Waals surface area contributed by atoms with Crippen LogP contribution in [-0.4, -0.2) is 10.8 Å². The third-order valence-electron chi connectivity index (χ3n) is 4.28. The average molecular weight is 205 g/mol. The highest BCUT2D eigenvalue weighted by Crippen LogP contribution is 2.69. The molecule has 0 bridgehead atoms. The Bertz CT molecular complexity index is 192. The zero-order valence-corrected chi connectivity index (χ0v) is 8.67. The molecule has 3 fully saturated rings. The zero-order valence-electron chi connectivity index (χ0n) is 7.15. The van der Waals surface area contributed by atoms with Crippen molar-refractivity contribution in [2.75, 3.05) is 0 Å². The maximum absolute atomic E-state index is 6.40. The molecule has 0 aromatic carbocycles. The molecule has 68 valence electrons. The lowest BCUT2D eigenvalue weighted by molar-refractivity contribution is 0.252. The average Bonchev–Trinajstić information content (AvgIpc) is 2.82. The van der Waals surface area contributed by atoms with Gasteiger partial charge in [-0.3, -0.25) is 0 Å². The molecule has 2 unspecified atom stereocenters. The SMILES string of the molecule is ClC1CC2(CC2)C(Cl)CC12CC2. The van der Waals surface area contributed by atoms with Crippen LogP contribution in [0.5, 0.6) is 0 Å². The van der Waals surface area contributed by atoms with Gasteiger partial charge in [-0.15, -0.1) is 23.2 Å². The molecule has 0 aromatic rings. The van der Waals surface area contributed by atoms with E-state index in [1.807, 2.05) is 0 Å². The lowest BCUT2D eigenvalue weighted by Gasteiger charge is -2.37. The Balaban J connectivity index is 1.83. The van der Waals surface area contributed by atoms with Crippen LogP contribution in [0.1, 0.15) is 38.5 Å². The molecule has 3 saturated carbocycles. The molecule has 0 radical (unpaired) electrons. The van der Waals surface area contributed by atoms with E-state index in [2.05, 4.69) is 0 Å². The molecule has 2 atom stereocenters. The molecule has 2 heteroatoms. The Hall–Kier alpha value is 0.580. The van der Waals surface area contributed by atoms with E-state index < -0.39 is 0 Å². The summed E-state index contributed by atoms with van der Waals surface area (Å²) in [7, 11) is 0. The van der Waals surface area contributed by atoms with Crippen molar-refractivity contribution in [3.8, 4) is 0 Å². The van der Waals surface area contributed by atoms with E-state index in [-0.39, 0.29) is 0 Å². The molecule has 0 aliphatic heterocycles. The Kier molecular flexibility index (Phi) is 1.42. The van der Waals surface area contributed by atoms with Crippen LogP contribution >= 0.6 is 23.2 Å². The Labute approximate surface area is 83.6 Å². The van der Waals surface area contributed by atoms with Crippen LogP contribution in [0.15, 0.2) is 0 Å². The minimum absolute atomic E-state index is 0.440. The summed E-state index contributed by atoms with van der Waals surface area (Å²) >= 11 is 12.8. The summed E-state index contributed by atoms with van der Waals surface area (Å²) in [5.74, 6) is 0. The summed E-state index contributed by atoms with van der Waals surface area (Å²) in [4.78, 5) is 0. The van der Waals surface area contributed by atoms with Crippen molar-refractivity contribution in [3.63, 3.8) is 0 Å². The normalized spacial score (nSPS) is 46.5. The van der Waals surface area contributed by atoms with Crippen LogP contribution in [0.25, 0.3) is 0 Å². The number of rotatable bonds is 0. The summed E-state index contributed by atoms with van der Waals surface area (Å²) in [6.07, 6.45) is 7.73. The molecule has 12 heavy (non-hydrogen) atoms. The standard InChI is InChI=1S/C10H14Cl2/c11-7-6-10(3-4-10)8(12)5-9(7)1-2-9/h7-8H,1-6H2. The van der Waals surface area contributed by atoms with Gasteiger partial charge in [-0.1, -0.05) is 0 Å². The third-order valence-corrected chi connectivity index (χ3v) is 5.52. The summed E-state index contributed by atoms with van der Waals surface area (Å²) in [5, 5.41) is 0.880. The number of hydrogen-bond donors (Lipinski definition) is 0. The van der Waals surface area contributed by atoms with E-state index in [0.717, 1.165) is 0 Å². The summed E-state index contributed by atoms with van der Waals surface area (Å²) in [6, 6.07) is 0. The molecule has 0 heterocycles.